The van der Waals surface area contributed by atoms with Crippen LogP contribution < -0.4 is 0 Å². The van der Waals surface area contributed by atoms with Crippen LogP contribution in [0.5, 0.6) is 0 Å². The second kappa shape index (κ2) is 29.8. The molecule has 2 aromatic rings. The van der Waals surface area contributed by atoms with E-state index in [-0.39, 0.29) is 35.8 Å². The zero-order valence-electron chi connectivity index (χ0n) is 59.0. The Hall–Kier alpha value is -5.23. The summed E-state index contributed by atoms with van der Waals surface area (Å²) in [6.07, 6.45) is -33.5. The third kappa shape index (κ3) is 13.8. The van der Waals surface area contributed by atoms with Crippen molar-refractivity contribution in [3.8, 4) is 0 Å². The van der Waals surface area contributed by atoms with Gasteiger partial charge in [-0.05, 0) is 128 Å². The van der Waals surface area contributed by atoms with Crippen LogP contribution >= 0.6 is 0 Å². The number of aliphatic hydroxyl groups excluding tert-OH is 11. The summed E-state index contributed by atoms with van der Waals surface area (Å²) in [7, 11) is 0. The third-order valence-electron chi connectivity index (χ3n) is 25.1. The summed E-state index contributed by atoms with van der Waals surface area (Å²) in [6.45, 7) is 16.1. The number of carboxylic acid groups (broad SMARTS) is 1. The molecule has 4 saturated carbocycles. The van der Waals surface area contributed by atoms with E-state index in [1.165, 1.54) is 32.9 Å². The lowest BCUT2D eigenvalue weighted by molar-refractivity contribution is -0.392. The minimum Gasteiger partial charge on any atom is -0.479 e. The van der Waals surface area contributed by atoms with Gasteiger partial charge in [-0.15, -0.1) is 0 Å². The molecule has 5 aliphatic carbocycles. The number of allylic oxidation sites excluding steroid dienone is 2. The molecule has 2 aromatic carbocycles. The number of benzene rings is 2. The summed E-state index contributed by atoms with van der Waals surface area (Å²) in [6, 6.07) is 16.2. The molecule has 29 nitrogen and oxygen atoms in total. The average Bonchev–Trinajstić information content (AvgIpc) is 0.668. The number of aliphatic hydroxyl groups is 11. The Morgan fingerprint density at radius 2 is 1.22 bits per heavy atom. The Kier molecular flexibility index (Phi) is 22.8. The first-order chi connectivity index (χ1) is 48.0. The van der Waals surface area contributed by atoms with Crippen molar-refractivity contribution in [3.63, 3.8) is 0 Å². The fourth-order valence-electron chi connectivity index (χ4n) is 19.1. The SMILES string of the molecule is CC(=O)O[C@H]1[C@H](O[C@@H]2OC[C@H](OC(=O)c3ccccc3)[C@H](OC(=O)[C@H](C)[C@H](C)OC(=O)c3ccccc3)[C@H]2O)C(C)(C)CC2C3=CC[C@@H]4[C@@]5(C)CC[C@H](O[C@@H]6O[C@H](C(=O)O)[C@@H](O)[C@H](O[C@@H]7OC[C@@H](O)[C@H](O)[C@H]7O)[C@H]6O[C@@H]6O[C@H](CO)[C@H](O)[C@H](O)[C@H]6O)C(C)(C)[C@@H]5CC[C@@]4(C)[C@]3(C)C[C@@H](O)[C@]21CO. The lowest BCUT2D eigenvalue weighted by Crippen LogP contribution is -2.73. The topological polar surface area (TPSA) is 439 Å². The number of hydrogen-bond acceptors (Lipinski definition) is 28. The standard InChI is InChI=1S/C73H102O29/c1-33(34(2)93-62(89)36-17-13-11-14-18-36)61(88)98-54-42(95-63(90)37-19-15-12-16-20-37)31-92-65(53(54)85)102-58-59(94-35(3)76)73(32-75)39(27-68(58,4)5)38-21-22-44-70(8)25-24-46(69(6,7)43(70)23-26-71(44,9)72(38,10)28-45(73)78)97-67-57(101-66-51(83)49(81)48(80)41(29-74)96-66)55(52(84)56(100-67)60(86)87)99-64-50(82)47(79)40(77)30-91-64/h11-21,33-34,39-59,64-67,74-75,77-85H,22-32H2,1-10H3,(H,86,87)/t33-,34+,39?,40-,41-,42+,43+,44-,45-,46+,47+,48+,49+,50-,51-,52+,53-,54+,55+,56+,57-,58+,59+,64+,65+,66+,67-,70+,71-,72-,73+/m1/s1. The van der Waals surface area contributed by atoms with Gasteiger partial charge >= 0.3 is 29.8 Å². The van der Waals surface area contributed by atoms with Crippen molar-refractivity contribution in [2.24, 2.45) is 56.2 Å². The number of hydrogen-bond donors (Lipinski definition) is 12. The van der Waals surface area contributed by atoms with Gasteiger partial charge in [-0.3, -0.25) is 9.59 Å². The van der Waals surface area contributed by atoms with Crippen molar-refractivity contribution in [3.05, 3.63) is 83.4 Å². The molecule has 0 bridgehead atoms. The van der Waals surface area contributed by atoms with E-state index >= 15 is 0 Å². The number of rotatable bonds is 19. The van der Waals surface area contributed by atoms with Crippen molar-refractivity contribution < 1.29 is 142 Å². The van der Waals surface area contributed by atoms with Crippen LogP contribution in [0.1, 0.15) is 135 Å². The molecule has 9 aliphatic rings. The fourth-order valence-corrected chi connectivity index (χ4v) is 19.1. The first-order valence-electron chi connectivity index (χ1n) is 35.3. The number of carbonyl (C=O) groups excluding carboxylic acids is 4. The van der Waals surface area contributed by atoms with E-state index in [4.69, 9.17) is 56.8 Å². The molecule has 4 saturated heterocycles. The van der Waals surface area contributed by atoms with E-state index in [1.807, 2.05) is 27.7 Å². The molecule has 1 unspecified atom stereocenters. The second-order valence-corrected chi connectivity index (χ2v) is 31.7. The Bertz CT molecular complexity index is 3340. The van der Waals surface area contributed by atoms with Gasteiger partial charge < -0.3 is 118 Å². The molecule has 11 rings (SSSR count). The molecule has 0 amide bonds. The lowest BCUT2D eigenvalue weighted by Gasteiger charge is -2.72. The Morgan fingerprint density at radius 1 is 0.598 bits per heavy atom. The van der Waals surface area contributed by atoms with Crippen molar-refractivity contribution >= 4 is 29.8 Å². The third-order valence-corrected chi connectivity index (χ3v) is 25.1. The van der Waals surface area contributed by atoms with Crippen molar-refractivity contribution in [2.45, 2.75) is 255 Å². The molecule has 0 aromatic heterocycles. The summed E-state index contributed by atoms with van der Waals surface area (Å²) in [5.41, 5.74) is -3.90. The molecular weight excluding hydrogens is 1340 g/mol. The van der Waals surface area contributed by atoms with E-state index in [9.17, 15) is 85.3 Å². The van der Waals surface area contributed by atoms with Crippen LogP contribution in [-0.2, 0) is 71.2 Å². The maximum Gasteiger partial charge on any atom is 0.338 e. The van der Waals surface area contributed by atoms with Gasteiger partial charge in [0.15, 0.2) is 43.5 Å². The normalized spacial score (nSPS) is 44.3. The minimum absolute atomic E-state index is 0.0740. The highest BCUT2D eigenvalue weighted by Gasteiger charge is 2.74. The number of carboxylic acids is 1. The largest absolute Gasteiger partial charge is 0.479 e. The molecule has 568 valence electrons. The van der Waals surface area contributed by atoms with Crippen LogP contribution in [0.3, 0.4) is 0 Å². The lowest BCUT2D eigenvalue weighted by atomic mass is 9.33. The van der Waals surface area contributed by atoms with Crippen LogP contribution in [0.15, 0.2) is 72.3 Å². The van der Waals surface area contributed by atoms with Gasteiger partial charge in [0.05, 0.1) is 61.1 Å². The van der Waals surface area contributed by atoms with Crippen LogP contribution in [0, 0.1) is 56.2 Å². The summed E-state index contributed by atoms with van der Waals surface area (Å²) < 4.78 is 73.7. The number of carbonyl (C=O) groups is 5. The molecule has 102 heavy (non-hydrogen) atoms. The summed E-state index contributed by atoms with van der Waals surface area (Å²) in [5, 5.41) is 135. The number of fused-ring (bicyclic) bond motifs is 7. The highest BCUT2D eigenvalue weighted by atomic mass is 16.8. The Labute approximate surface area is 591 Å². The quantitative estimate of drug-likeness (QED) is 0.0411. The smallest absolute Gasteiger partial charge is 0.338 e. The highest BCUT2D eigenvalue weighted by Crippen LogP contribution is 2.76. The molecule has 4 heterocycles. The van der Waals surface area contributed by atoms with Gasteiger partial charge in [-0.1, -0.05) is 96.5 Å². The molecule has 31 atom stereocenters. The van der Waals surface area contributed by atoms with Crippen LogP contribution in [0.4, 0.5) is 0 Å². The Morgan fingerprint density at radius 3 is 1.84 bits per heavy atom. The first-order valence-corrected chi connectivity index (χ1v) is 35.3. The molecule has 0 radical (unpaired) electrons. The number of ether oxygens (including phenoxy) is 12. The van der Waals surface area contributed by atoms with E-state index in [0.29, 0.717) is 32.1 Å². The van der Waals surface area contributed by atoms with Crippen molar-refractivity contribution in [1.29, 1.82) is 0 Å². The van der Waals surface area contributed by atoms with Gasteiger partial charge in [-0.25, -0.2) is 14.4 Å². The van der Waals surface area contributed by atoms with Gasteiger partial charge in [0.1, 0.15) is 85.5 Å². The molecule has 29 heteroatoms. The maximum atomic E-state index is 14.2. The molecule has 12 N–H and O–H groups in total. The van der Waals surface area contributed by atoms with Gasteiger partial charge in [-0.2, -0.15) is 0 Å². The predicted octanol–water partition coefficient (Wildman–Crippen LogP) is 1.59. The summed E-state index contributed by atoms with van der Waals surface area (Å²) in [5.74, 6) is -6.84. The number of esters is 4. The van der Waals surface area contributed by atoms with Crippen LogP contribution in [0.2, 0.25) is 0 Å². The maximum absolute atomic E-state index is 14.2. The molecule has 4 aliphatic heterocycles. The van der Waals surface area contributed by atoms with E-state index < -0.39 is 242 Å². The minimum atomic E-state index is -2.15. The van der Waals surface area contributed by atoms with Gasteiger partial charge in [0, 0.05) is 6.92 Å². The van der Waals surface area contributed by atoms with E-state index in [0.717, 1.165) is 5.57 Å². The van der Waals surface area contributed by atoms with Crippen LogP contribution in [-0.4, -0.2) is 259 Å². The first kappa shape index (κ1) is 77.9. The predicted molar refractivity (Wildman–Crippen MR) is 349 cm³/mol. The highest BCUT2D eigenvalue weighted by molar-refractivity contribution is 5.90. The molecule has 0 spiro atoms. The van der Waals surface area contributed by atoms with E-state index in [1.54, 1.807) is 48.5 Å². The van der Waals surface area contributed by atoms with Crippen LogP contribution in [0.25, 0.3) is 0 Å². The zero-order chi connectivity index (χ0) is 74.2. The molecule has 8 fully saturated rings. The summed E-state index contributed by atoms with van der Waals surface area (Å²) in [4.78, 5) is 67.5. The monoisotopic (exact) mass is 1440 g/mol. The summed E-state index contributed by atoms with van der Waals surface area (Å²) >= 11 is 0. The second-order valence-electron chi connectivity index (χ2n) is 31.7. The fraction of sp³-hybridized carbons (Fsp3) is 0.740. The van der Waals surface area contributed by atoms with Gasteiger partial charge in [0.25, 0.3) is 0 Å². The average molecular weight is 1440 g/mol. The zero-order valence-corrected chi connectivity index (χ0v) is 59.0. The van der Waals surface area contributed by atoms with Crippen molar-refractivity contribution in [1.82, 2.24) is 0 Å². The molecular formula is C73H102O29. The van der Waals surface area contributed by atoms with Gasteiger partial charge in [0.2, 0.25) is 0 Å². The van der Waals surface area contributed by atoms with Crippen molar-refractivity contribution in [2.75, 3.05) is 26.4 Å². The van der Waals surface area contributed by atoms with E-state index in [2.05, 4.69) is 26.8 Å². The Balaban J connectivity index is 0.859. The number of aliphatic carboxylic acids is 1.